The molecule has 2 aliphatic rings. The number of hydrogen-bond donors (Lipinski definition) is 2. The topological polar surface area (TPSA) is 49.0 Å². The van der Waals surface area contributed by atoms with E-state index in [0.29, 0.717) is 6.04 Å². The Morgan fingerprint density at radius 2 is 1.80 bits per heavy atom. The zero-order valence-corrected chi connectivity index (χ0v) is 19.1. The van der Waals surface area contributed by atoms with Crippen molar-refractivity contribution in [3.05, 3.63) is 29.8 Å². The molecule has 3 rings (SSSR count). The molecule has 2 heterocycles. The molecule has 0 amide bonds. The fourth-order valence-electron chi connectivity index (χ4n) is 4.79. The molecule has 0 aliphatic carbocycles. The molecule has 30 heavy (non-hydrogen) atoms. The largest absolute Gasteiger partial charge is 0.497 e. The highest BCUT2D eigenvalue weighted by Crippen LogP contribution is 2.24. The number of ether oxygens (including phenoxy) is 2. The molecule has 0 spiro atoms. The van der Waals surface area contributed by atoms with Crippen LogP contribution in [0.5, 0.6) is 5.75 Å². The van der Waals surface area contributed by atoms with Gasteiger partial charge in [0.25, 0.3) is 0 Å². The van der Waals surface area contributed by atoms with Crippen LogP contribution in [0.2, 0.25) is 0 Å². The summed E-state index contributed by atoms with van der Waals surface area (Å²) in [5, 5.41) is 7.21. The highest BCUT2D eigenvalue weighted by Gasteiger charge is 2.27. The first-order valence-corrected chi connectivity index (χ1v) is 11.8. The predicted molar refractivity (Wildman–Crippen MR) is 123 cm³/mol. The van der Waals surface area contributed by atoms with Gasteiger partial charge >= 0.3 is 0 Å². The Bertz CT molecular complexity index is 586. The van der Waals surface area contributed by atoms with Crippen LogP contribution in [0.25, 0.3) is 0 Å². The first kappa shape index (κ1) is 23.5. The molecular formula is C24H42N4O2. The predicted octanol–water partition coefficient (Wildman–Crippen LogP) is 2.51. The van der Waals surface area contributed by atoms with Crippen molar-refractivity contribution in [3.8, 4) is 5.75 Å². The summed E-state index contributed by atoms with van der Waals surface area (Å²) in [5.41, 5.74) is 1.31. The Hall–Kier alpha value is -1.18. The summed E-state index contributed by atoms with van der Waals surface area (Å²) in [6, 6.07) is 9.64. The van der Waals surface area contributed by atoms with Crippen LogP contribution in [0.15, 0.2) is 24.3 Å². The molecular weight excluding hydrogens is 376 g/mol. The van der Waals surface area contributed by atoms with E-state index < -0.39 is 0 Å². The quantitative estimate of drug-likeness (QED) is 0.509. The molecule has 1 aromatic carbocycles. The Kier molecular flexibility index (Phi) is 10.4. The zero-order valence-electron chi connectivity index (χ0n) is 19.1. The Morgan fingerprint density at radius 3 is 2.53 bits per heavy atom. The van der Waals surface area contributed by atoms with Gasteiger partial charge in [-0.2, -0.15) is 0 Å². The summed E-state index contributed by atoms with van der Waals surface area (Å²) in [4.78, 5) is 5.40. The summed E-state index contributed by atoms with van der Waals surface area (Å²) in [6.07, 6.45) is 6.82. The number of rotatable bonds is 12. The normalized spacial score (nSPS) is 20.3. The van der Waals surface area contributed by atoms with Gasteiger partial charge in [0, 0.05) is 45.4 Å². The van der Waals surface area contributed by atoms with Gasteiger partial charge in [-0.25, -0.2) is 0 Å². The average Bonchev–Trinajstić information content (AvgIpc) is 2.81. The van der Waals surface area contributed by atoms with E-state index in [0.717, 1.165) is 44.6 Å². The molecule has 2 N–H and O–H groups in total. The van der Waals surface area contributed by atoms with E-state index in [4.69, 9.17) is 9.47 Å². The van der Waals surface area contributed by atoms with Crippen molar-refractivity contribution in [2.75, 3.05) is 73.2 Å². The second-order valence-corrected chi connectivity index (χ2v) is 8.65. The summed E-state index contributed by atoms with van der Waals surface area (Å²) < 4.78 is 10.6. The molecule has 6 heteroatoms. The van der Waals surface area contributed by atoms with Crippen LogP contribution in [0.3, 0.4) is 0 Å². The van der Waals surface area contributed by atoms with E-state index in [9.17, 15) is 0 Å². The van der Waals surface area contributed by atoms with Gasteiger partial charge in [-0.1, -0.05) is 18.6 Å². The molecule has 0 aromatic heterocycles. The summed E-state index contributed by atoms with van der Waals surface area (Å²) in [7, 11) is 3.49. The van der Waals surface area contributed by atoms with Crippen LogP contribution in [-0.4, -0.2) is 89.0 Å². The highest BCUT2D eigenvalue weighted by atomic mass is 16.5. The van der Waals surface area contributed by atoms with Gasteiger partial charge in [-0.05, 0) is 69.6 Å². The number of methoxy groups -OCH3 is 2. The van der Waals surface area contributed by atoms with E-state index in [2.05, 4.69) is 38.6 Å². The van der Waals surface area contributed by atoms with Crippen molar-refractivity contribution < 1.29 is 9.47 Å². The van der Waals surface area contributed by atoms with Crippen molar-refractivity contribution in [1.82, 2.24) is 20.4 Å². The summed E-state index contributed by atoms with van der Waals surface area (Å²) in [5.74, 6) is 0.932. The van der Waals surface area contributed by atoms with Gasteiger partial charge in [-0.15, -0.1) is 0 Å². The number of benzene rings is 1. The first-order chi connectivity index (χ1) is 14.8. The lowest BCUT2D eigenvalue weighted by Gasteiger charge is -2.41. The van der Waals surface area contributed by atoms with Crippen LogP contribution < -0.4 is 15.4 Å². The monoisotopic (exact) mass is 418 g/mol. The lowest BCUT2D eigenvalue weighted by atomic mass is 9.98. The highest BCUT2D eigenvalue weighted by molar-refractivity contribution is 5.30. The van der Waals surface area contributed by atoms with E-state index >= 15 is 0 Å². The van der Waals surface area contributed by atoms with E-state index in [1.165, 1.54) is 63.8 Å². The molecule has 2 aliphatic heterocycles. The van der Waals surface area contributed by atoms with E-state index in [-0.39, 0.29) is 0 Å². The van der Waals surface area contributed by atoms with E-state index in [1.807, 2.05) is 6.07 Å². The fourth-order valence-corrected chi connectivity index (χ4v) is 4.79. The first-order valence-electron chi connectivity index (χ1n) is 11.8. The fraction of sp³-hybridized carbons (Fsp3) is 0.750. The van der Waals surface area contributed by atoms with Gasteiger partial charge < -0.3 is 29.9 Å². The standard InChI is InChI=1S/C24H42N4O2/c1-29-18-13-25-11-12-26-24(21-7-6-8-23(19-21)30-2)20-27-16-9-22(10-17-27)28-14-4-3-5-15-28/h6-8,19,22,24-26H,3-5,9-18,20H2,1-2H3. The molecule has 1 unspecified atom stereocenters. The van der Waals surface area contributed by atoms with Gasteiger partial charge in [0.05, 0.1) is 13.7 Å². The van der Waals surface area contributed by atoms with Gasteiger partial charge in [0.2, 0.25) is 0 Å². The molecule has 0 saturated carbocycles. The minimum absolute atomic E-state index is 0.316. The molecule has 2 saturated heterocycles. The number of likely N-dealkylation sites (tertiary alicyclic amines) is 2. The van der Waals surface area contributed by atoms with Crippen LogP contribution in [0, 0.1) is 0 Å². The maximum absolute atomic E-state index is 5.47. The molecule has 170 valence electrons. The molecule has 6 nitrogen and oxygen atoms in total. The molecule has 0 radical (unpaired) electrons. The van der Waals surface area contributed by atoms with Gasteiger partial charge in [-0.3, -0.25) is 0 Å². The minimum Gasteiger partial charge on any atom is -0.497 e. The number of hydrogen-bond acceptors (Lipinski definition) is 6. The Morgan fingerprint density at radius 1 is 1.00 bits per heavy atom. The molecule has 1 aromatic rings. The third kappa shape index (κ3) is 7.50. The third-order valence-corrected chi connectivity index (χ3v) is 6.58. The average molecular weight is 419 g/mol. The molecule has 1 atom stereocenters. The van der Waals surface area contributed by atoms with Gasteiger partial charge in [0.15, 0.2) is 0 Å². The number of piperidine rings is 2. The summed E-state index contributed by atoms with van der Waals surface area (Å²) in [6.45, 7) is 9.63. The maximum Gasteiger partial charge on any atom is 0.119 e. The van der Waals surface area contributed by atoms with Crippen molar-refractivity contribution in [2.45, 2.75) is 44.2 Å². The Balaban J connectivity index is 1.51. The number of nitrogens with zero attached hydrogens (tertiary/aromatic N) is 2. The smallest absolute Gasteiger partial charge is 0.119 e. The van der Waals surface area contributed by atoms with Crippen LogP contribution >= 0.6 is 0 Å². The van der Waals surface area contributed by atoms with E-state index in [1.54, 1.807) is 14.2 Å². The zero-order chi connectivity index (χ0) is 21.0. The third-order valence-electron chi connectivity index (χ3n) is 6.58. The summed E-state index contributed by atoms with van der Waals surface area (Å²) >= 11 is 0. The van der Waals surface area contributed by atoms with Crippen LogP contribution in [-0.2, 0) is 4.74 Å². The lowest BCUT2D eigenvalue weighted by molar-refractivity contribution is 0.0880. The van der Waals surface area contributed by atoms with Crippen molar-refractivity contribution in [3.63, 3.8) is 0 Å². The maximum atomic E-state index is 5.47. The molecule has 0 bridgehead atoms. The van der Waals surface area contributed by atoms with Gasteiger partial charge in [0.1, 0.15) is 5.75 Å². The minimum atomic E-state index is 0.316. The van der Waals surface area contributed by atoms with Crippen LogP contribution in [0.1, 0.15) is 43.7 Å². The SMILES string of the molecule is COCCNCCNC(CN1CCC(N2CCCCC2)CC1)c1cccc(OC)c1. The van der Waals surface area contributed by atoms with Crippen molar-refractivity contribution in [1.29, 1.82) is 0 Å². The molecule has 2 fully saturated rings. The Labute approximate surface area is 183 Å². The second-order valence-electron chi connectivity index (χ2n) is 8.65. The lowest BCUT2D eigenvalue weighted by Crippen LogP contribution is -2.48. The van der Waals surface area contributed by atoms with Crippen molar-refractivity contribution in [2.24, 2.45) is 0 Å². The van der Waals surface area contributed by atoms with Crippen LogP contribution in [0.4, 0.5) is 0 Å². The van der Waals surface area contributed by atoms with Crippen molar-refractivity contribution >= 4 is 0 Å². The number of nitrogens with one attached hydrogen (secondary N) is 2. The second kappa shape index (κ2) is 13.3.